The van der Waals surface area contributed by atoms with E-state index in [0.29, 0.717) is 5.56 Å². The number of carbonyl (C=O) groups is 2. The quantitative estimate of drug-likeness (QED) is 0.858. The number of likely N-dealkylation sites (tertiary alicyclic amines) is 1. The molecule has 0 aliphatic carbocycles. The SMILES string of the molecule is CN(Cc1ccccc1F)C(=O)[C@@H]1CC(=O)N(C)[C@H]1c1cccnc1. The third kappa shape index (κ3) is 3.38. The largest absolute Gasteiger partial charge is 0.341 e. The van der Waals surface area contributed by atoms with E-state index in [2.05, 4.69) is 4.98 Å². The normalized spacial score (nSPS) is 20.0. The maximum Gasteiger partial charge on any atom is 0.228 e. The number of pyridine rings is 1. The van der Waals surface area contributed by atoms with Crippen LogP contribution in [-0.4, -0.2) is 40.7 Å². The van der Waals surface area contributed by atoms with Crippen molar-refractivity contribution >= 4 is 11.8 Å². The summed E-state index contributed by atoms with van der Waals surface area (Å²) in [4.78, 5) is 32.3. The minimum atomic E-state index is -0.501. The van der Waals surface area contributed by atoms with Gasteiger partial charge in [0.1, 0.15) is 5.82 Å². The van der Waals surface area contributed by atoms with Crippen LogP contribution >= 0.6 is 0 Å². The topological polar surface area (TPSA) is 53.5 Å². The molecule has 25 heavy (non-hydrogen) atoms. The second-order valence-corrected chi connectivity index (χ2v) is 6.33. The first-order chi connectivity index (χ1) is 12.0. The monoisotopic (exact) mass is 341 g/mol. The summed E-state index contributed by atoms with van der Waals surface area (Å²) >= 11 is 0. The van der Waals surface area contributed by atoms with Gasteiger partial charge in [0.25, 0.3) is 0 Å². The Bertz CT molecular complexity index is 781. The number of halogens is 1. The highest BCUT2D eigenvalue weighted by Crippen LogP contribution is 2.37. The average Bonchev–Trinajstić information content (AvgIpc) is 2.92. The van der Waals surface area contributed by atoms with Gasteiger partial charge in [-0.25, -0.2) is 4.39 Å². The van der Waals surface area contributed by atoms with Gasteiger partial charge in [-0.1, -0.05) is 24.3 Å². The Kier molecular flexibility index (Phi) is 4.79. The van der Waals surface area contributed by atoms with Crippen LogP contribution in [0.15, 0.2) is 48.8 Å². The Morgan fingerprint density at radius 1 is 1.32 bits per heavy atom. The van der Waals surface area contributed by atoms with Crippen molar-refractivity contribution in [3.05, 3.63) is 65.7 Å². The zero-order valence-electron chi connectivity index (χ0n) is 14.2. The summed E-state index contributed by atoms with van der Waals surface area (Å²) in [5.41, 5.74) is 1.28. The smallest absolute Gasteiger partial charge is 0.228 e. The van der Waals surface area contributed by atoms with Crippen LogP contribution in [0.5, 0.6) is 0 Å². The van der Waals surface area contributed by atoms with Crippen molar-refractivity contribution in [3.8, 4) is 0 Å². The van der Waals surface area contributed by atoms with Gasteiger partial charge in [-0.05, 0) is 17.7 Å². The summed E-state index contributed by atoms with van der Waals surface area (Å²) in [6.07, 6.45) is 3.48. The van der Waals surface area contributed by atoms with Gasteiger partial charge in [0, 0.05) is 45.0 Å². The van der Waals surface area contributed by atoms with Gasteiger partial charge in [0.15, 0.2) is 0 Å². The average molecular weight is 341 g/mol. The first kappa shape index (κ1) is 17.1. The lowest BCUT2D eigenvalue weighted by molar-refractivity contribution is -0.135. The van der Waals surface area contributed by atoms with Crippen LogP contribution in [0.25, 0.3) is 0 Å². The van der Waals surface area contributed by atoms with Crippen molar-refractivity contribution < 1.29 is 14.0 Å². The zero-order chi connectivity index (χ0) is 18.0. The van der Waals surface area contributed by atoms with E-state index in [-0.39, 0.29) is 36.6 Å². The van der Waals surface area contributed by atoms with Crippen LogP contribution in [0.2, 0.25) is 0 Å². The minimum absolute atomic E-state index is 0.0773. The molecule has 2 amide bonds. The van der Waals surface area contributed by atoms with Gasteiger partial charge in [-0.2, -0.15) is 0 Å². The number of amides is 2. The molecular formula is C19H20FN3O2. The van der Waals surface area contributed by atoms with E-state index in [1.54, 1.807) is 55.7 Å². The zero-order valence-corrected chi connectivity index (χ0v) is 14.2. The van der Waals surface area contributed by atoms with Crippen molar-refractivity contribution in [2.75, 3.05) is 14.1 Å². The molecule has 0 radical (unpaired) electrons. The predicted octanol–water partition coefficient (Wildman–Crippen LogP) is 2.40. The fourth-order valence-electron chi connectivity index (χ4n) is 3.34. The molecule has 2 atom stereocenters. The molecule has 0 saturated carbocycles. The van der Waals surface area contributed by atoms with Crippen LogP contribution in [0.3, 0.4) is 0 Å². The maximum atomic E-state index is 13.8. The number of carbonyl (C=O) groups excluding carboxylic acids is 2. The first-order valence-electron chi connectivity index (χ1n) is 8.13. The summed E-state index contributed by atoms with van der Waals surface area (Å²) < 4.78 is 13.8. The fourth-order valence-corrected chi connectivity index (χ4v) is 3.34. The van der Waals surface area contributed by atoms with Gasteiger partial charge >= 0.3 is 0 Å². The van der Waals surface area contributed by atoms with Gasteiger partial charge in [0.2, 0.25) is 11.8 Å². The highest BCUT2D eigenvalue weighted by atomic mass is 19.1. The third-order valence-corrected chi connectivity index (χ3v) is 4.67. The number of hydrogen-bond acceptors (Lipinski definition) is 3. The maximum absolute atomic E-state index is 13.8. The van der Waals surface area contributed by atoms with Crippen molar-refractivity contribution in [1.82, 2.24) is 14.8 Å². The fraction of sp³-hybridized carbons (Fsp3) is 0.316. The van der Waals surface area contributed by atoms with E-state index in [1.165, 1.54) is 11.0 Å². The molecule has 0 unspecified atom stereocenters. The summed E-state index contributed by atoms with van der Waals surface area (Å²) in [6.45, 7) is 0.166. The van der Waals surface area contributed by atoms with Crippen molar-refractivity contribution in [2.24, 2.45) is 5.92 Å². The molecule has 1 aromatic carbocycles. The van der Waals surface area contributed by atoms with Crippen LogP contribution in [0.4, 0.5) is 4.39 Å². The molecule has 1 aromatic heterocycles. The van der Waals surface area contributed by atoms with Crippen molar-refractivity contribution in [1.29, 1.82) is 0 Å². The van der Waals surface area contributed by atoms with E-state index >= 15 is 0 Å². The molecule has 0 N–H and O–H groups in total. The van der Waals surface area contributed by atoms with Crippen LogP contribution in [-0.2, 0) is 16.1 Å². The van der Waals surface area contributed by atoms with Gasteiger partial charge in [0.05, 0.1) is 12.0 Å². The van der Waals surface area contributed by atoms with Crippen LogP contribution in [0.1, 0.15) is 23.6 Å². The number of rotatable bonds is 4. The standard InChI is InChI=1S/C19H20FN3O2/c1-22(12-14-6-3-4-8-16(14)20)19(25)15-10-17(24)23(2)18(15)13-7-5-9-21-11-13/h3-9,11,15,18H,10,12H2,1-2H3/t15-,18+/m1/s1. The third-order valence-electron chi connectivity index (χ3n) is 4.67. The molecule has 1 aliphatic rings. The second kappa shape index (κ2) is 7.01. The Balaban J connectivity index is 1.82. The lowest BCUT2D eigenvalue weighted by atomic mass is 9.93. The number of benzene rings is 1. The Hall–Kier alpha value is -2.76. The second-order valence-electron chi connectivity index (χ2n) is 6.33. The highest BCUT2D eigenvalue weighted by molar-refractivity contribution is 5.90. The van der Waals surface area contributed by atoms with E-state index in [1.807, 2.05) is 6.07 Å². The summed E-state index contributed by atoms with van der Waals surface area (Å²) in [7, 11) is 3.34. The number of hydrogen-bond donors (Lipinski definition) is 0. The molecule has 6 heteroatoms. The molecule has 5 nitrogen and oxygen atoms in total. The Labute approximate surface area is 146 Å². The van der Waals surface area contributed by atoms with E-state index in [0.717, 1.165) is 5.56 Å². The molecular weight excluding hydrogens is 321 g/mol. The van der Waals surface area contributed by atoms with E-state index in [4.69, 9.17) is 0 Å². The predicted molar refractivity (Wildman–Crippen MR) is 90.7 cm³/mol. The molecule has 1 fully saturated rings. The van der Waals surface area contributed by atoms with Crippen LogP contribution < -0.4 is 0 Å². The first-order valence-corrected chi connectivity index (χ1v) is 8.13. The molecule has 1 saturated heterocycles. The van der Waals surface area contributed by atoms with Crippen LogP contribution in [0, 0.1) is 11.7 Å². The van der Waals surface area contributed by atoms with Crippen molar-refractivity contribution in [2.45, 2.75) is 19.0 Å². The summed E-state index contributed by atoms with van der Waals surface area (Å²) in [5, 5.41) is 0. The lowest BCUT2D eigenvalue weighted by Gasteiger charge is -2.27. The summed E-state index contributed by atoms with van der Waals surface area (Å²) in [5.74, 6) is -1.09. The van der Waals surface area contributed by atoms with E-state index in [9.17, 15) is 14.0 Å². The Morgan fingerprint density at radius 2 is 2.08 bits per heavy atom. The molecule has 0 bridgehead atoms. The minimum Gasteiger partial charge on any atom is -0.341 e. The van der Waals surface area contributed by atoms with Gasteiger partial charge in [-0.3, -0.25) is 14.6 Å². The molecule has 2 aromatic rings. The van der Waals surface area contributed by atoms with E-state index < -0.39 is 5.92 Å². The number of nitrogens with zero attached hydrogens (tertiary/aromatic N) is 3. The molecule has 3 rings (SSSR count). The lowest BCUT2D eigenvalue weighted by Crippen LogP contribution is -2.36. The number of aromatic nitrogens is 1. The highest BCUT2D eigenvalue weighted by Gasteiger charge is 2.43. The molecule has 130 valence electrons. The van der Waals surface area contributed by atoms with Crippen molar-refractivity contribution in [3.63, 3.8) is 0 Å². The Morgan fingerprint density at radius 3 is 2.76 bits per heavy atom. The molecule has 0 spiro atoms. The van der Waals surface area contributed by atoms with Gasteiger partial charge in [-0.15, -0.1) is 0 Å². The summed E-state index contributed by atoms with van der Waals surface area (Å²) in [6, 6.07) is 9.69. The molecule has 2 heterocycles. The van der Waals surface area contributed by atoms with Gasteiger partial charge < -0.3 is 9.80 Å². The molecule has 1 aliphatic heterocycles.